The van der Waals surface area contributed by atoms with Gasteiger partial charge in [0.05, 0.1) is 12.2 Å². The van der Waals surface area contributed by atoms with E-state index in [0.29, 0.717) is 0 Å². The molecule has 0 N–H and O–H groups in total. The van der Waals surface area contributed by atoms with Crippen molar-refractivity contribution < 1.29 is 23.1 Å². The van der Waals surface area contributed by atoms with Crippen LogP contribution in [-0.4, -0.2) is 35.4 Å². The van der Waals surface area contributed by atoms with Crippen LogP contribution in [0, 0.1) is 38.8 Å². The number of halogens is 4. The fourth-order valence-electron chi connectivity index (χ4n) is 2.64. The maximum Gasteiger partial charge on any atom is 0.204 e. The molecule has 0 atom stereocenters. The summed E-state index contributed by atoms with van der Waals surface area (Å²) in [6, 6.07) is 0. The van der Waals surface area contributed by atoms with E-state index in [2.05, 4.69) is 0 Å². The van der Waals surface area contributed by atoms with Gasteiger partial charge in [0.15, 0.2) is 0 Å². The molecule has 146 valence electrons. The smallest absolute Gasteiger partial charge is 0.204 e. The Bertz CT molecular complexity index is 629. The average Bonchev–Trinajstić information content (AvgIpc) is 2.55. The van der Waals surface area contributed by atoms with Crippen LogP contribution in [0.1, 0.15) is 29.5 Å². The average molecular weight is 398 g/mol. The second kappa shape index (κ2) is 10.1. The van der Waals surface area contributed by atoms with Crippen molar-refractivity contribution in [1.29, 1.82) is 0 Å². The fraction of sp³-hybridized carbons (Fsp3) is 0.600. The highest BCUT2D eigenvalue weighted by Gasteiger charge is 2.26. The Kier molecular flexibility index (Phi) is 8.56. The lowest BCUT2D eigenvalue weighted by molar-refractivity contribution is -0.480. The lowest BCUT2D eigenvalue weighted by Crippen LogP contribution is -2.21. The maximum atomic E-state index is 14.5. The molecule has 0 radical (unpaired) electrons. The summed E-state index contributed by atoms with van der Waals surface area (Å²) in [7, 11) is 0. The Labute approximate surface area is 153 Å². The first-order valence-electron chi connectivity index (χ1n) is 7.92. The van der Waals surface area contributed by atoms with E-state index in [-0.39, 0.29) is 65.6 Å². The molecule has 0 saturated heterocycles. The molecule has 0 aliphatic carbocycles. The van der Waals surface area contributed by atoms with Crippen molar-refractivity contribution in [2.45, 2.75) is 32.6 Å². The third-order valence-electron chi connectivity index (χ3n) is 3.82. The van der Waals surface area contributed by atoms with E-state index < -0.39 is 34.6 Å². The number of benzene rings is 1. The summed E-state index contributed by atoms with van der Waals surface area (Å²) >= 11 is 5.51. The van der Waals surface area contributed by atoms with E-state index in [1.165, 1.54) is 6.92 Å². The maximum absolute atomic E-state index is 14.5. The van der Waals surface area contributed by atoms with Crippen molar-refractivity contribution >= 4 is 17.3 Å². The highest BCUT2D eigenvalue weighted by atomic mass is 35.5. The first kappa shape index (κ1) is 21.9. The predicted octanol–water partition coefficient (Wildman–Crippen LogP) is 3.62. The van der Waals surface area contributed by atoms with Gasteiger partial charge >= 0.3 is 0 Å². The van der Waals surface area contributed by atoms with E-state index in [9.17, 15) is 33.5 Å². The van der Waals surface area contributed by atoms with Crippen LogP contribution >= 0.6 is 11.6 Å². The van der Waals surface area contributed by atoms with Gasteiger partial charge in [-0.25, -0.2) is 13.9 Å². The van der Waals surface area contributed by atoms with Crippen LogP contribution in [0.15, 0.2) is 0 Å². The highest BCUT2D eigenvalue weighted by molar-refractivity contribution is 6.18. The summed E-state index contributed by atoms with van der Waals surface area (Å²) in [6.45, 7) is -0.0813. The zero-order valence-electron chi connectivity index (χ0n) is 14.1. The van der Waals surface area contributed by atoms with Crippen molar-refractivity contribution in [2.75, 3.05) is 30.6 Å². The van der Waals surface area contributed by atoms with E-state index in [1.54, 1.807) is 0 Å². The van der Waals surface area contributed by atoms with E-state index in [1.807, 2.05) is 0 Å². The number of nitro groups is 2. The highest BCUT2D eigenvalue weighted by Crippen LogP contribution is 2.35. The molecule has 0 bridgehead atoms. The minimum absolute atomic E-state index is 0.0644. The lowest BCUT2D eigenvalue weighted by atomic mass is 9.95. The Balaban J connectivity index is 3.36. The quantitative estimate of drug-likeness (QED) is 0.246. The van der Waals surface area contributed by atoms with Crippen LogP contribution in [0.3, 0.4) is 0 Å². The van der Waals surface area contributed by atoms with Gasteiger partial charge in [0, 0.05) is 45.3 Å². The molecule has 0 aromatic heterocycles. The van der Waals surface area contributed by atoms with Crippen LogP contribution in [0.4, 0.5) is 18.9 Å². The molecule has 1 aromatic rings. The molecule has 0 amide bonds. The van der Waals surface area contributed by atoms with Crippen LogP contribution in [0.2, 0.25) is 0 Å². The molecule has 7 nitrogen and oxygen atoms in total. The molecular weight excluding hydrogens is 379 g/mol. The molecule has 0 aliphatic heterocycles. The molecular formula is C15H19ClF3N3O4. The minimum Gasteiger partial charge on any atom is -0.265 e. The summed E-state index contributed by atoms with van der Waals surface area (Å²) in [6.07, 6.45) is -0.474. The standard InChI is InChI=1S/C15H19ClF3N3O4/c1-10-13(17)11(4-2-7-21(23)24)15(20(19)9-6-16)12(14(10)18)5-3-8-22(25)26/h2-9H2,1H3. The van der Waals surface area contributed by atoms with Gasteiger partial charge in [-0.15, -0.1) is 11.6 Å². The fourth-order valence-corrected chi connectivity index (χ4v) is 2.79. The van der Waals surface area contributed by atoms with Gasteiger partial charge in [-0.3, -0.25) is 20.2 Å². The normalized spacial score (nSPS) is 10.8. The van der Waals surface area contributed by atoms with Gasteiger partial charge in [0.1, 0.15) is 11.6 Å². The second-order valence-corrected chi connectivity index (χ2v) is 6.03. The number of anilines is 1. The molecule has 11 heteroatoms. The number of hydrogen-bond donors (Lipinski definition) is 0. The lowest BCUT2D eigenvalue weighted by Gasteiger charge is -2.23. The molecule has 0 unspecified atom stereocenters. The summed E-state index contributed by atoms with van der Waals surface area (Å²) in [5.41, 5.74) is -1.10. The van der Waals surface area contributed by atoms with Crippen LogP contribution < -0.4 is 5.12 Å². The first-order chi connectivity index (χ1) is 12.2. The molecule has 0 aliphatic rings. The van der Waals surface area contributed by atoms with Gasteiger partial charge in [0.2, 0.25) is 13.1 Å². The van der Waals surface area contributed by atoms with Gasteiger partial charge in [-0.1, -0.05) is 4.48 Å². The Morgan fingerprint density at radius 2 is 1.42 bits per heavy atom. The van der Waals surface area contributed by atoms with Crippen molar-refractivity contribution in [2.24, 2.45) is 0 Å². The molecule has 1 rings (SSSR count). The first-order valence-corrected chi connectivity index (χ1v) is 8.46. The van der Waals surface area contributed by atoms with Gasteiger partial charge in [-0.05, 0) is 19.8 Å². The van der Waals surface area contributed by atoms with Crippen molar-refractivity contribution in [3.05, 3.63) is 48.6 Å². The number of nitrogens with zero attached hydrogens (tertiary/aromatic N) is 3. The monoisotopic (exact) mass is 397 g/mol. The van der Waals surface area contributed by atoms with Crippen LogP contribution in [-0.2, 0) is 12.8 Å². The summed E-state index contributed by atoms with van der Waals surface area (Å²) in [5, 5.41) is 21.0. The zero-order valence-corrected chi connectivity index (χ0v) is 14.9. The number of alkyl halides is 1. The number of hydrogen-bond acceptors (Lipinski definition) is 5. The molecule has 0 saturated carbocycles. The Morgan fingerprint density at radius 1 is 1.00 bits per heavy atom. The van der Waals surface area contributed by atoms with Gasteiger partial charge in [-0.2, -0.15) is 0 Å². The van der Waals surface area contributed by atoms with Crippen LogP contribution in [0.5, 0.6) is 0 Å². The van der Waals surface area contributed by atoms with Crippen molar-refractivity contribution in [1.82, 2.24) is 0 Å². The topological polar surface area (TPSA) is 89.5 Å². The van der Waals surface area contributed by atoms with Crippen molar-refractivity contribution in [3.63, 3.8) is 0 Å². The molecule has 1 aromatic carbocycles. The van der Waals surface area contributed by atoms with E-state index >= 15 is 0 Å². The van der Waals surface area contributed by atoms with E-state index in [0.717, 1.165) is 0 Å². The third-order valence-corrected chi connectivity index (χ3v) is 3.99. The Morgan fingerprint density at radius 3 is 1.77 bits per heavy atom. The minimum atomic E-state index is -0.976. The molecule has 0 heterocycles. The number of rotatable bonds is 11. The van der Waals surface area contributed by atoms with E-state index in [4.69, 9.17) is 11.6 Å². The van der Waals surface area contributed by atoms with Crippen LogP contribution in [0.25, 0.3) is 0 Å². The van der Waals surface area contributed by atoms with Gasteiger partial charge in [0.25, 0.3) is 0 Å². The summed E-state index contributed by atoms with van der Waals surface area (Å²) in [5.74, 6) is -2.11. The molecule has 0 spiro atoms. The molecule has 26 heavy (non-hydrogen) atoms. The Hall–Kier alpha value is -2.10. The zero-order chi connectivity index (χ0) is 19.9. The predicted molar refractivity (Wildman–Crippen MR) is 90.6 cm³/mol. The largest absolute Gasteiger partial charge is 0.265 e. The van der Waals surface area contributed by atoms with Crippen molar-refractivity contribution in [3.8, 4) is 0 Å². The third kappa shape index (κ3) is 5.72. The molecule has 0 fully saturated rings. The second-order valence-electron chi connectivity index (χ2n) is 5.65. The summed E-state index contributed by atoms with van der Waals surface area (Å²) < 4.78 is 43.5. The van der Waals surface area contributed by atoms with Gasteiger partial charge < -0.3 is 0 Å². The SMILES string of the molecule is Cc1c(F)c(CCC[N+](=O)[O-])c(N(F)CCCl)c(CCC[N+](=O)[O-])c1F. The summed E-state index contributed by atoms with van der Waals surface area (Å²) in [4.78, 5) is 19.8.